The molecule has 1 aliphatic heterocycles. The largest absolute Gasteiger partial charge is 0.376 e. The molecule has 0 aromatic carbocycles. The number of pyridine rings is 1. The number of ether oxygens (including phenoxy) is 1. The van der Waals surface area contributed by atoms with Crippen LogP contribution < -0.4 is 0 Å². The van der Waals surface area contributed by atoms with E-state index in [1.807, 2.05) is 0 Å². The fraction of sp³-hybridized carbons (Fsp3) is 0.611. The second-order valence-corrected chi connectivity index (χ2v) is 9.08. The Morgan fingerprint density at radius 3 is 3.00 bits per heavy atom. The molecule has 1 fully saturated rings. The van der Waals surface area contributed by atoms with Crippen LogP contribution in [-0.2, 0) is 27.6 Å². The third kappa shape index (κ3) is 5.33. The number of hydrogen-bond acceptors (Lipinski definition) is 7. The molecule has 1 aliphatic rings. The average Bonchev–Trinajstić information content (AvgIpc) is 3.09. The highest BCUT2D eigenvalue weighted by molar-refractivity contribution is 7.89. The lowest BCUT2D eigenvalue weighted by molar-refractivity contribution is 0.0199. The van der Waals surface area contributed by atoms with Gasteiger partial charge in [-0.05, 0) is 30.9 Å². The minimum absolute atomic E-state index is 0.132. The van der Waals surface area contributed by atoms with Crippen molar-refractivity contribution in [1.82, 2.24) is 19.4 Å². The highest BCUT2D eigenvalue weighted by atomic mass is 32.2. The first-order valence-electron chi connectivity index (χ1n) is 9.28. The maximum absolute atomic E-state index is 12.7. The fourth-order valence-corrected chi connectivity index (χ4v) is 4.52. The summed E-state index contributed by atoms with van der Waals surface area (Å²) < 4.78 is 38.0. The Bertz CT molecular complexity index is 823. The summed E-state index contributed by atoms with van der Waals surface area (Å²) in [4.78, 5) is 8.48. The van der Waals surface area contributed by atoms with Crippen LogP contribution in [0.4, 0.5) is 0 Å². The monoisotopic (exact) mass is 394 g/mol. The molecule has 0 radical (unpaired) electrons. The van der Waals surface area contributed by atoms with Crippen molar-refractivity contribution in [2.75, 3.05) is 19.7 Å². The van der Waals surface area contributed by atoms with Crippen molar-refractivity contribution in [2.45, 2.75) is 50.5 Å². The lowest BCUT2D eigenvalue weighted by Gasteiger charge is -2.31. The number of nitrogens with zero attached hydrogens (tertiary/aromatic N) is 4. The van der Waals surface area contributed by atoms with Gasteiger partial charge < -0.3 is 9.26 Å². The summed E-state index contributed by atoms with van der Waals surface area (Å²) in [6.45, 7) is 5.48. The Hall–Kier alpha value is -1.84. The molecule has 2 aromatic heterocycles. The molecule has 0 N–H and O–H groups in total. The molecular formula is C18H26N4O4S. The van der Waals surface area contributed by atoms with E-state index in [-0.39, 0.29) is 11.0 Å². The van der Waals surface area contributed by atoms with Gasteiger partial charge in [0, 0.05) is 38.3 Å². The molecule has 2 aromatic rings. The molecule has 1 saturated heterocycles. The molecule has 0 saturated carbocycles. The molecule has 0 aliphatic carbocycles. The Morgan fingerprint density at radius 2 is 2.26 bits per heavy atom. The second kappa shape index (κ2) is 8.90. The van der Waals surface area contributed by atoms with Crippen molar-refractivity contribution in [3.63, 3.8) is 0 Å². The molecule has 27 heavy (non-hydrogen) atoms. The summed E-state index contributed by atoms with van der Waals surface area (Å²) in [6.07, 6.45) is 5.73. The first-order chi connectivity index (χ1) is 12.9. The van der Waals surface area contributed by atoms with E-state index < -0.39 is 10.0 Å². The summed E-state index contributed by atoms with van der Waals surface area (Å²) >= 11 is 0. The van der Waals surface area contributed by atoms with Crippen LogP contribution in [0, 0.1) is 5.92 Å². The third-order valence-corrected chi connectivity index (χ3v) is 6.23. The standard InChI is InChI=1S/C18H26N4O4S/c1-14(2)11-18-20-17(21-26-18)7-10-25-15-5-4-9-22(13-15)27(23,24)16-6-3-8-19-12-16/h3,6,8,12,14-15H,4-5,7,9-11,13H2,1-2H3. The van der Waals surface area contributed by atoms with Gasteiger partial charge in [0.25, 0.3) is 0 Å². The second-order valence-electron chi connectivity index (χ2n) is 7.14. The number of piperidine rings is 1. The van der Waals surface area contributed by atoms with Gasteiger partial charge >= 0.3 is 0 Å². The average molecular weight is 394 g/mol. The Morgan fingerprint density at radius 1 is 1.41 bits per heavy atom. The van der Waals surface area contributed by atoms with E-state index in [2.05, 4.69) is 29.0 Å². The van der Waals surface area contributed by atoms with Gasteiger partial charge in [0.1, 0.15) is 4.90 Å². The van der Waals surface area contributed by atoms with Gasteiger partial charge in [-0.3, -0.25) is 4.98 Å². The van der Waals surface area contributed by atoms with Crippen LogP contribution in [0.1, 0.15) is 38.4 Å². The summed E-state index contributed by atoms with van der Waals surface area (Å²) in [6, 6.07) is 3.20. The van der Waals surface area contributed by atoms with E-state index in [4.69, 9.17) is 9.26 Å². The van der Waals surface area contributed by atoms with Crippen molar-refractivity contribution in [1.29, 1.82) is 0 Å². The summed E-state index contributed by atoms with van der Waals surface area (Å²) in [5.74, 6) is 1.73. The van der Waals surface area contributed by atoms with Crippen molar-refractivity contribution >= 4 is 10.0 Å². The van der Waals surface area contributed by atoms with Gasteiger partial charge in [-0.15, -0.1) is 0 Å². The van der Waals surface area contributed by atoms with Crippen molar-refractivity contribution in [3.05, 3.63) is 36.2 Å². The number of rotatable bonds is 8. The zero-order valence-electron chi connectivity index (χ0n) is 15.7. The first kappa shape index (κ1) is 19.9. The maximum atomic E-state index is 12.7. The zero-order valence-corrected chi connectivity index (χ0v) is 16.6. The summed E-state index contributed by atoms with van der Waals surface area (Å²) in [5, 5.41) is 3.97. The predicted molar refractivity (Wildman–Crippen MR) is 98.5 cm³/mol. The molecule has 1 atom stereocenters. The molecule has 9 heteroatoms. The van der Waals surface area contributed by atoms with E-state index in [9.17, 15) is 8.42 Å². The number of sulfonamides is 1. The van der Waals surface area contributed by atoms with E-state index in [1.165, 1.54) is 10.5 Å². The SMILES string of the molecule is CC(C)Cc1nc(CCOC2CCCN(S(=O)(=O)c3cccnc3)C2)no1. The van der Waals surface area contributed by atoms with Crippen LogP contribution in [0.3, 0.4) is 0 Å². The molecular weight excluding hydrogens is 368 g/mol. The molecule has 1 unspecified atom stereocenters. The predicted octanol–water partition coefficient (Wildman–Crippen LogP) is 2.08. The Balaban J connectivity index is 1.51. The summed E-state index contributed by atoms with van der Waals surface area (Å²) in [5.41, 5.74) is 0. The Kier molecular flexibility index (Phi) is 6.56. The van der Waals surface area contributed by atoms with Crippen LogP contribution in [0.15, 0.2) is 33.9 Å². The van der Waals surface area contributed by atoms with Gasteiger partial charge in [0.15, 0.2) is 5.82 Å². The van der Waals surface area contributed by atoms with Crippen molar-refractivity contribution in [2.24, 2.45) is 5.92 Å². The molecule has 148 valence electrons. The van der Waals surface area contributed by atoms with Crippen LogP contribution in [-0.4, -0.2) is 53.6 Å². The number of hydrogen-bond donors (Lipinski definition) is 0. The highest BCUT2D eigenvalue weighted by Gasteiger charge is 2.30. The molecule has 8 nitrogen and oxygen atoms in total. The van der Waals surface area contributed by atoms with Gasteiger partial charge in [0.05, 0.1) is 12.7 Å². The molecule has 0 bridgehead atoms. The smallest absolute Gasteiger partial charge is 0.244 e. The van der Waals surface area contributed by atoms with Crippen LogP contribution >= 0.6 is 0 Å². The van der Waals surface area contributed by atoms with Crippen LogP contribution in [0.25, 0.3) is 0 Å². The van der Waals surface area contributed by atoms with Crippen LogP contribution in [0.2, 0.25) is 0 Å². The van der Waals surface area contributed by atoms with Crippen molar-refractivity contribution in [3.8, 4) is 0 Å². The minimum Gasteiger partial charge on any atom is -0.376 e. The van der Waals surface area contributed by atoms with Gasteiger partial charge in [0.2, 0.25) is 15.9 Å². The fourth-order valence-electron chi connectivity index (χ4n) is 3.05. The molecule has 0 spiro atoms. The van der Waals surface area contributed by atoms with Gasteiger partial charge in [-0.2, -0.15) is 9.29 Å². The lowest BCUT2D eigenvalue weighted by atomic mass is 10.1. The normalized spacial score (nSPS) is 18.9. The zero-order chi connectivity index (χ0) is 19.3. The van der Waals surface area contributed by atoms with Gasteiger partial charge in [-0.25, -0.2) is 8.42 Å². The quantitative estimate of drug-likeness (QED) is 0.676. The molecule has 0 amide bonds. The van der Waals surface area contributed by atoms with E-state index in [1.54, 1.807) is 18.3 Å². The van der Waals surface area contributed by atoms with Crippen LogP contribution in [0.5, 0.6) is 0 Å². The highest BCUT2D eigenvalue weighted by Crippen LogP contribution is 2.21. The minimum atomic E-state index is -3.53. The first-order valence-corrected chi connectivity index (χ1v) is 10.7. The third-order valence-electron chi connectivity index (χ3n) is 4.39. The molecule has 3 rings (SSSR count). The van der Waals surface area contributed by atoms with E-state index >= 15 is 0 Å². The lowest BCUT2D eigenvalue weighted by Crippen LogP contribution is -2.43. The topological polar surface area (TPSA) is 98.4 Å². The summed E-state index contributed by atoms with van der Waals surface area (Å²) in [7, 11) is -3.53. The van der Waals surface area contributed by atoms with E-state index in [0.29, 0.717) is 43.8 Å². The molecule has 3 heterocycles. The Labute approximate surface area is 160 Å². The van der Waals surface area contributed by atoms with Crippen molar-refractivity contribution < 1.29 is 17.7 Å². The van der Waals surface area contributed by atoms with Gasteiger partial charge in [-0.1, -0.05) is 19.0 Å². The maximum Gasteiger partial charge on any atom is 0.244 e. The van der Waals surface area contributed by atoms with E-state index in [0.717, 1.165) is 19.3 Å². The number of aromatic nitrogens is 3.